The van der Waals surface area contributed by atoms with E-state index < -0.39 is 11.4 Å². The molecule has 3 aliphatic rings. The number of hydrogen-bond donors (Lipinski definition) is 2. The van der Waals surface area contributed by atoms with E-state index in [0.29, 0.717) is 39.3 Å². The zero-order valence-electron chi connectivity index (χ0n) is 13.6. The molecule has 0 aromatic rings. The van der Waals surface area contributed by atoms with Crippen LogP contribution in [0.5, 0.6) is 0 Å². The molecule has 2 saturated heterocycles. The van der Waals surface area contributed by atoms with Gasteiger partial charge in [0.15, 0.2) is 0 Å². The summed E-state index contributed by atoms with van der Waals surface area (Å²) >= 11 is 0. The van der Waals surface area contributed by atoms with E-state index in [-0.39, 0.29) is 24.0 Å². The van der Waals surface area contributed by atoms with Crippen LogP contribution in [0.15, 0.2) is 0 Å². The molecule has 130 valence electrons. The van der Waals surface area contributed by atoms with Gasteiger partial charge in [-0.25, -0.2) is 4.79 Å². The number of methoxy groups -OCH3 is 1. The Morgan fingerprint density at radius 1 is 1.43 bits per heavy atom. The van der Waals surface area contributed by atoms with E-state index in [2.05, 4.69) is 5.32 Å². The first-order valence-corrected chi connectivity index (χ1v) is 8.43. The maximum atomic E-state index is 12.4. The number of ether oxygens (including phenoxy) is 2. The van der Waals surface area contributed by atoms with Gasteiger partial charge in [0.1, 0.15) is 0 Å². The number of likely N-dealkylation sites (tertiary alicyclic amines) is 1. The van der Waals surface area contributed by atoms with Gasteiger partial charge in [-0.05, 0) is 25.2 Å². The number of amides is 2. The largest absolute Gasteiger partial charge is 0.481 e. The van der Waals surface area contributed by atoms with E-state index in [1.54, 1.807) is 12.0 Å². The molecule has 7 nitrogen and oxygen atoms in total. The van der Waals surface area contributed by atoms with Crippen molar-refractivity contribution in [1.29, 1.82) is 0 Å². The van der Waals surface area contributed by atoms with Crippen molar-refractivity contribution in [1.82, 2.24) is 10.2 Å². The molecule has 2 heterocycles. The van der Waals surface area contributed by atoms with Gasteiger partial charge in [-0.2, -0.15) is 0 Å². The Kier molecular flexibility index (Phi) is 4.77. The number of rotatable bonds is 4. The van der Waals surface area contributed by atoms with Crippen LogP contribution in [-0.2, 0) is 14.3 Å². The zero-order chi connectivity index (χ0) is 16.4. The lowest BCUT2D eigenvalue weighted by molar-refractivity contribution is -0.149. The fraction of sp³-hybridized carbons (Fsp3) is 0.875. The quantitative estimate of drug-likeness (QED) is 0.802. The summed E-state index contributed by atoms with van der Waals surface area (Å²) in [5, 5.41) is 12.5. The predicted molar refractivity (Wildman–Crippen MR) is 82.1 cm³/mol. The number of aliphatic carboxylic acids is 1. The summed E-state index contributed by atoms with van der Waals surface area (Å²) in [5.41, 5.74) is -0.717. The van der Waals surface area contributed by atoms with Crippen molar-refractivity contribution in [2.75, 3.05) is 40.0 Å². The number of fused-ring (bicyclic) bond motifs is 1. The number of carboxylic acids is 1. The van der Waals surface area contributed by atoms with E-state index in [1.165, 1.54) is 0 Å². The number of carboxylic acid groups (broad SMARTS) is 1. The van der Waals surface area contributed by atoms with Gasteiger partial charge >= 0.3 is 12.0 Å². The number of nitrogens with zero attached hydrogens (tertiary/aromatic N) is 1. The van der Waals surface area contributed by atoms with Crippen molar-refractivity contribution in [3.63, 3.8) is 0 Å². The summed E-state index contributed by atoms with van der Waals surface area (Å²) in [6, 6.07) is -0.152. The average Bonchev–Trinajstić information content (AvgIpc) is 3.11. The van der Waals surface area contributed by atoms with Crippen LogP contribution in [0.2, 0.25) is 0 Å². The molecule has 0 aromatic heterocycles. The molecule has 0 bridgehead atoms. The molecule has 4 atom stereocenters. The highest BCUT2D eigenvalue weighted by Gasteiger charge is 2.55. The Morgan fingerprint density at radius 2 is 2.26 bits per heavy atom. The Balaban J connectivity index is 1.54. The van der Waals surface area contributed by atoms with Crippen molar-refractivity contribution >= 4 is 12.0 Å². The van der Waals surface area contributed by atoms with Crippen LogP contribution < -0.4 is 5.32 Å². The molecule has 0 spiro atoms. The third kappa shape index (κ3) is 3.04. The number of nitrogens with one attached hydrogen (secondary N) is 1. The summed E-state index contributed by atoms with van der Waals surface area (Å²) in [5.74, 6) is -0.409. The normalized spacial score (nSPS) is 36.7. The van der Waals surface area contributed by atoms with Crippen LogP contribution >= 0.6 is 0 Å². The van der Waals surface area contributed by atoms with Gasteiger partial charge in [0.25, 0.3) is 0 Å². The minimum Gasteiger partial charge on any atom is -0.481 e. The SMILES string of the molecule is COC1COCCC1CNC(=O)N1C[C@@H]2CCC[C@@]2(C(=O)O)C1. The van der Waals surface area contributed by atoms with Crippen LogP contribution in [0.1, 0.15) is 25.7 Å². The first kappa shape index (κ1) is 16.5. The predicted octanol–water partition coefficient (Wildman–Crippen LogP) is 0.934. The fourth-order valence-electron chi connectivity index (χ4n) is 4.37. The van der Waals surface area contributed by atoms with Crippen LogP contribution in [-0.4, -0.2) is 68.1 Å². The van der Waals surface area contributed by atoms with Crippen LogP contribution in [0.25, 0.3) is 0 Å². The molecule has 1 saturated carbocycles. The van der Waals surface area contributed by atoms with E-state index in [4.69, 9.17) is 9.47 Å². The number of carbonyl (C=O) groups excluding carboxylic acids is 1. The molecule has 7 heteroatoms. The van der Waals surface area contributed by atoms with E-state index in [1.807, 2.05) is 0 Å². The second-order valence-corrected chi connectivity index (χ2v) is 7.01. The topological polar surface area (TPSA) is 88.1 Å². The number of carbonyl (C=O) groups is 2. The number of urea groups is 1. The van der Waals surface area contributed by atoms with E-state index >= 15 is 0 Å². The highest BCUT2D eigenvalue weighted by molar-refractivity contribution is 5.80. The maximum absolute atomic E-state index is 12.4. The molecule has 2 amide bonds. The van der Waals surface area contributed by atoms with E-state index in [9.17, 15) is 14.7 Å². The maximum Gasteiger partial charge on any atom is 0.317 e. The molecule has 0 radical (unpaired) electrons. The highest BCUT2D eigenvalue weighted by atomic mass is 16.5. The smallest absolute Gasteiger partial charge is 0.317 e. The van der Waals surface area contributed by atoms with Crippen molar-refractivity contribution < 1.29 is 24.2 Å². The van der Waals surface area contributed by atoms with E-state index in [0.717, 1.165) is 19.3 Å². The highest BCUT2D eigenvalue weighted by Crippen LogP contribution is 2.48. The lowest BCUT2D eigenvalue weighted by Crippen LogP contribution is -2.46. The summed E-state index contributed by atoms with van der Waals surface area (Å²) < 4.78 is 10.8. The minimum atomic E-state index is -0.751. The van der Waals surface area contributed by atoms with Crippen molar-refractivity contribution in [2.45, 2.75) is 31.8 Å². The summed E-state index contributed by atoms with van der Waals surface area (Å²) in [6.45, 7) is 2.68. The third-order valence-corrected chi connectivity index (χ3v) is 5.84. The molecular formula is C16H26N2O5. The molecule has 2 unspecified atom stereocenters. The lowest BCUT2D eigenvalue weighted by Gasteiger charge is -2.31. The molecule has 2 N–H and O–H groups in total. The second-order valence-electron chi connectivity index (χ2n) is 7.01. The van der Waals surface area contributed by atoms with Crippen LogP contribution in [0.4, 0.5) is 4.79 Å². The molecule has 0 aromatic carbocycles. The summed E-state index contributed by atoms with van der Waals surface area (Å²) in [6.07, 6.45) is 3.40. The molecule has 3 rings (SSSR count). The first-order chi connectivity index (χ1) is 11.1. The van der Waals surface area contributed by atoms with Crippen molar-refractivity contribution in [3.05, 3.63) is 0 Å². The molecule has 1 aliphatic carbocycles. The second kappa shape index (κ2) is 6.65. The Hall–Kier alpha value is -1.34. The number of hydrogen-bond acceptors (Lipinski definition) is 4. The molecule has 2 aliphatic heterocycles. The van der Waals surface area contributed by atoms with Crippen molar-refractivity contribution in [3.8, 4) is 0 Å². The molecular weight excluding hydrogens is 300 g/mol. The third-order valence-electron chi connectivity index (χ3n) is 5.84. The Labute approximate surface area is 136 Å². The van der Waals surface area contributed by atoms with Gasteiger partial charge in [0.05, 0.1) is 18.1 Å². The van der Waals surface area contributed by atoms with Gasteiger partial charge in [-0.1, -0.05) is 6.42 Å². The summed E-state index contributed by atoms with van der Waals surface area (Å²) in [4.78, 5) is 25.8. The Bertz CT molecular complexity index is 471. The van der Waals surface area contributed by atoms with Gasteiger partial charge in [0, 0.05) is 39.3 Å². The minimum absolute atomic E-state index is 0.00682. The van der Waals surface area contributed by atoms with Crippen molar-refractivity contribution in [2.24, 2.45) is 17.3 Å². The first-order valence-electron chi connectivity index (χ1n) is 8.43. The van der Waals surface area contributed by atoms with Gasteiger partial charge in [0.2, 0.25) is 0 Å². The molecule has 3 fully saturated rings. The average molecular weight is 326 g/mol. The summed E-state index contributed by atoms with van der Waals surface area (Å²) in [7, 11) is 1.66. The van der Waals surface area contributed by atoms with Gasteiger partial charge in [-0.3, -0.25) is 4.79 Å². The zero-order valence-corrected chi connectivity index (χ0v) is 13.6. The van der Waals surface area contributed by atoms with Gasteiger partial charge < -0.3 is 24.8 Å². The fourth-order valence-corrected chi connectivity index (χ4v) is 4.37. The van der Waals surface area contributed by atoms with Crippen LogP contribution in [0, 0.1) is 17.3 Å². The molecule has 23 heavy (non-hydrogen) atoms. The van der Waals surface area contributed by atoms with Crippen LogP contribution in [0.3, 0.4) is 0 Å². The standard InChI is InChI=1S/C16H26N2O5/c1-22-13-9-23-6-4-11(13)7-17-15(21)18-8-12-3-2-5-16(12,10-18)14(19)20/h11-13H,2-10H2,1H3,(H,17,21)(H,19,20)/t11?,12-,13?,16+/m0/s1. The van der Waals surface area contributed by atoms with Gasteiger partial charge in [-0.15, -0.1) is 0 Å². The lowest BCUT2D eigenvalue weighted by atomic mass is 9.81. The Morgan fingerprint density at radius 3 is 2.96 bits per heavy atom. The monoisotopic (exact) mass is 326 g/mol.